The second-order valence-electron chi connectivity index (χ2n) is 7.24. The van der Waals surface area contributed by atoms with Crippen LogP contribution in [0.25, 0.3) is 6.08 Å². The number of halogens is 6. The number of amides is 1. The molecule has 200 valence electrons. The SMILES string of the molecule is CCc1cc(OC(F)(F)F)cc2c1O[C@H](C(F)(F)F)C(C(=O)OCCN(CCO[N+](=O)[O-])C(C)=O)=C2. The van der Waals surface area contributed by atoms with Crippen molar-refractivity contribution >= 4 is 18.0 Å². The molecule has 1 amide bonds. The Bertz CT molecular complexity index is 1020. The average Bonchev–Trinajstić information content (AvgIpc) is 2.74. The number of hydrogen-bond acceptors (Lipinski definition) is 8. The highest BCUT2D eigenvalue weighted by atomic mass is 19.4. The van der Waals surface area contributed by atoms with Crippen LogP contribution in [0.15, 0.2) is 17.7 Å². The van der Waals surface area contributed by atoms with E-state index in [0.29, 0.717) is 6.08 Å². The van der Waals surface area contributed by atoms with Gasteiger partial charge in [-0.05, 0) is 30.2 Å². The zero-order valence-corrected chi connectivity index (χ0v) is 18.8. The first-order chi connectivity index (χ1) is 16.6. The standard InChI is InChI=1S/C20H20F6N2O8/c1-3-12-8-14(36-20(24,25)26)9-13-10-15(17(19(21,22)23)35-16(12)13)18(30)33-6-4-27(11(2)29)5-7-34-28(31)32/h8-10,17H,3-7H2,1-2H3/t17-/m0/s1. The summed E-state index contributed by atoms with van der Waals surface area (Å²) < 4.78 is 92.7. The topological polar surface area (TPSA) is 117 Å². The predicted molar refractivity (Wildman–Crippen MR) is 107 cm³/mol. The summed E-state index contributed by atoms with van der Waals surface area (Å²) in [7, 11) is 0. The minimum absolute atomic E-state index is 0.00334. The zero-order chi connectivity index (χ0) is 27.3. The molecule has 1 heterocycles. The van der Waals surface area contributed by atoms with Gasteiger partial charge in [-0.15, -0.1) is 23.3 Å². The zero-order valence-electron chi connectivity index (χ0n) is 18.8. The molecule has 0 saturated carbocycles. The third kappa shape index (κ3) is 7.91. The molecule has 0 bridgehead atoms. The van der Waals surface area contributed by atoms with E-state index in [1.165, 1.54) is 6.92 Å². The van der Waals surface area contributed by atoms with Gasteiger partial charge in [-0.1, -0.05) is 6.92 Å². The monoisotopic (exact) mass is 530 g/mol. The Morgan fingerprint density at radius 1 is 1.14 bits per heavy atom. The van der Waals surface area contributed by atoms with Crippen molar-refractivity contribution in [1.29, 1.82) is 0 Å². The molecule has 1 atom stereocenters. The number of esters is 1. The number of aryl methyl sites for hydroxylation is 1. The Balaban J connectivity index is 2.27. The van der Waals surface area contributed by atoms with Gasteiger partial charge in [0, 0.05) is 19.0 Å². The molecule has 36 heavy (non-hydrogen) atoms. The molecule has 1 aromatic carbocycles. The van der Waals surface area contributed by atoms with Crippen molar-refractivity contribution < 1.29 is 60.1 Å². The molecule has 1 aliphatic rings. The van der Waals surface area contributed by atoms with Gasteiger partial charge < -0.3 is 23.9 Å². The van der Waals surface area contributed by atoms with E-state index in [9.17, 15) is 46.0 Å². The van der Waals surface area contributed by atoms with Gasteiger partial charge in [0.25, 0.3) is 5.09 Å². The molecule has 0 fully saturated rings. The van der Waals surface area contributed by atoms with Gasteiger partial charge in [-0.25, -0.2) is 4.79 Å². The van der Waals surface area contributed by atoms with Gasteiger partial charge in [-0.2, -0.15) is 13.2 Å². The van der Waals surface area contributed by atoms with Gasteiger partial charge in [0.2, 0.25) is 12.0 Å². The second kappa shape index (κ2) is 11.3. The fourth-order valence-corrected chi connectivity index (χ4v) is 3.21. The lowest BCUT2D eigenvalue weighted by Crippen LogP contribution is -2.41. The van der Waals surface area contributed by atoms with E-state index in [1.807, 2.05) is 0 Å². The second-order valence-corrected chi connectivity index (χ2v) is 7.24. The summed E-state index contributed by atoms with van der Waals surface area (Å²) in [6.07, 6.45) is -12.2. The molecule has 0 N–H and O–H groups in total. The van der Waals surface area contributed by atoms with Crippen molar-refractivity contribution in [2.24, 2.45) is 0 Å². The van der Waals surface area contributed by atoms with E-state index in [-0.39, 0.29) is 36.4 Å². The molecule has 1 aromatic rings. The predicted octanol–water partition coefficient (Wildman–Crippen LogP) is 3.45. The quantitative estimate of drug-likeness (QED) is 0.195. The van der Waals surface area contributed by atoms with E-state index >= 15 is 0 Å². The van der Waals surface area contributed by atoms with E-state index in [4.69, 9.17) is 9.47 Å². The third-order valence-electron chi connectivity index (χ3n) is 4.74. The maximum absolute atomic E-state index is 13.7. The lowest BCUT2D eigenvalue weighted by atomic mass is 9.97. The molecule has 16 heteroatoms. The van der Waals surface area contributed by atoms with Crippen molar-refractivity contribution in [1.82, 2.24) is 4.90 Å². The van der Waals surface area contributed by atoms with Gasteiger partial charge in [0.15, 0.2) is 0 Å². The Hall–Kier alpha value is -3.72. The normalized spacial score (nSPS) is 15.2. The van der Waals surface area contributed by atoms with Crippen LogP contribution in [0.2, 0.25) is 0 Å². The van der Waals surface area contributed by atoms with Crippen LogP contribution < -0.4 is 9.47 Å². The fraction of sp³-hybridized carbons (Fsp3) is 0.500. The van der Waals surface area contributed by atoms with Crippen LogP contribution in [0.3, 0.4) is 0 Å². The molecule has 2 rings (SSSR count). The summed E-state index contributed by atoms with van der Waals surface area (Å²) in [5, 5.41) is 9.11. The molecule has 0 unspecified atom stereocenters. The first-order valence-corrected chi connectivity index (χ1v) is 10.2. The Labute approximate surface area is 199 Å². The number of benzene rings is 1. The maximum atomic E-state index is 13.7. The average molecular weight is 530 g/mol. The number of fused-ring (bicyclic) bond motifs is 1. The van der Waals surface area contributed by atoms with Gasteiger partial charge >= 0.3 is 18.5 Å². The molecule has 10 nitrogen and oxygen atoms in total. The Morgan fingerprint density at radius 2 is 1.78 bits per heavy atom. The lowest BCUT2D eigenvalue weighted by molar-refractivity contribution is -0.757. The van der Waals surface area contributed by atoms with Crippen LogP contribution in [-0.4, -0.2) is 66.8 Å². The van der Waals surface area contributed by atoms with Gasteiger partial charge in [0.05, 0.1) is 12.1 Å². The Morgan fingerprint density at radius 3 is 2.31 bits per heavy atom. The summed E-state index contributed by atoms with van der Waals surface area (Å²) in [6.45, 7) is 0.905. The van der Waals surface area contributed by atoms with Crippen LogP contribution in [0.5, 0.6) is 11.5 Å². The molecule has 0 spiro atoms. The van der Waals surface area contributed by atoms with Gasteiger partial charge in [-0.3, -0.25) is 4.79 Å². The fourth-order valence-electron chi connectivity index (χ4n) is 3.21. The molecule has 0 radical (unpaired) electrons. The van der Waals surface area contributed by atoms with E-state index in [1.54, 1.807) is 0 Å². The highest BCUT2D eigenvalue weighted by Crippen LogP contribution is 2.42. The van der Waals surface area contributed by atoms with Crippen molar-refractivity contribution in [2.45, 2.75) is 38.9 Å². The number of carbonyl (C=O) groups excluding carboxylic acids is 2. The largest absolute Gasteiger partial charge is 0.573 e. The van der Waals surface area contributed by atoms with Crippen molar-refractivity contribution in [2.75, 3.05) is 26.3 Å². The van der Waals surface area contributed by atoms with E-state index in [2.05, 4.69) is 9.57 Å². The van der Waals surface area contributed by atoms with Crippen molar-refractivity contribution in [3.63, 3.8) is 0 Å². The minimum atomic E-state index is -5.08. The van der Waals surface area contributed by atoms with E-state index in [0.717, 1.165) is 24.0 Å². The van der Waals surface area contributed by atoms with Crippen LogP contribution in [0.1, 0.15) is 25.0 Å². The highest BCUT2D eigenvalue weighted by Gasteiger charge is 2.49. The van der Waals surface area contributed by atoms with Crippen molar-refractivity contribution in [3.8, 4) is 11.5 Å². The summed E-state index contributed by atoms with van der Waals surface area (Å²) in [6, 6.07) is 1.66. The number of carbonyl (C=O) groups is 2. The number of hydrogen-bond donors (Lipinski definition) is 0. The van der Waals surface area contributed by atoms with Crippen molar-refractivity contribution in [3.05, 3.63) is 38.9 Å². The Kier molecular flexibility index (Phi) is 8.99. The van der Waals surface area contributed by atoms with Crippen LogP contribution in [0.4, 0.5) is 26.3 Å². The summed E-state index contributed by atoms with van der Waals surface area (Å²) in [5.74, 6) is -3.15. The highest BCUT2D eigenvalue weighted by molar-refractivity contribution is 5.96. The van der Waals surface area contributed by atoms with Crippen LogP contribution in [0, 0.1) is 10.1 Å². The van der Waals surface area contributed by atoms with E-state index < -0.39 is 60.1 Å². The number of ether oxygens (including phenoxy) is 3. The lowest BCUT2D eigenvalue weighted by Gasteiger charge is -2.29. The number of nitrogens with zero attached hydrogens (tertiary/aromatic N) is 2. The molecular formula is C20H20F6N2O8. The molecule has 0 saturated heterocycles. The number of rotatable bonds is 10. The first kappa shape index (κ1) is 28.5. The first-order valence-electron chi connectivity index (χ1n) is 10.2. The summed E-state index contributed by atoms with van der Waals surface area (Å²) in [4.78, 5) is 39.4. The van der Waals surface area contributed by atoms with Crippen LogP contribution in [-0.2, 0) is 25.6 Å². The smallest absolute Gasteiger partial charge is 0.475 e. The molecule has 0 aromatic heterocycles. The molecule has 0 aliphatic carbocycles. The van der Waals surface area contributed by atoms with Gasteiger partial charge in [0.1, 0.15) is 24.7 Å². The molecule has 1 aliphatic heterocycles. The molecular weight excluding hydrogens is 510 g/mol. The minimum Gasteiger partial charge on any atom is -0.475 e. The summed E-state index contributed by atoms with van der Waals surface area (Å²) >= 11 is 0. The third-order valence-corrected chi connectivity index (χ3v) is 4.74. The summed E-state index contributed by atoms with van der Waals surface area (Å²) in [5.41, 5.74) is -1.31. The maximum Gasteiger partial charge on any atom is 0.573 e. The van der Waals surface area contributed by atoms with Crippen LogP contribution >= 0.6 is 0 Å². The number of alkyl halides is 6.